The predicted molar refractivity (Wildman–Crippen MR) is 75.4 cm³/mol. The third-order valence-corrected chi connectivity index (χ3v) is 6.02. The summed E-state index contributed by atoms with van der Waals surface area (Å²) in [5.41, 5.74) is 0.626. The molecule has 1 saturated heterocycles. The molecule has 7 heteroatoms. The molecule has 1 atom stereocenters. The van der Waals surface area contributed by atoms with Crippen LogP contribution in [0, 0.1) is 5.92 Å². The summed E-state index contributed by atoms with van der Waals surface area (Å²) >= 11 is 5.96. The zero-order valence-electron chi connectivity index (χ0n) is 11.0. The minimum absolute atomic E-state index is 0.0169. The Labute approximate surface area is 122 Å². The van der Waals surface area contributed by atoms with Crippen molar-refractivity contribution in [2.75, 3.05) is 25.9 Å². The second-order valence-electron chi connectivity index (χ2n) is 5.28. The number of carbonyl (C=O) groups is 1. The van der Waals surface area contributed by atoms with E-state index in [4.69, 9.17) is 11.6 Å². The van der Waals surface area contributed by atoms with Gasteiger partial charge in [0, 0.05) is 25.2 Å². The number of halogens is 1. The van der Waals surface area contributed by atoms with Gasteiger partial charge in [0.25, 0.3) is 0 Å². The van der Waals surface area contributed by atoms with E-state index in [1.54, 1.807) is 24.1 Å². The van der Waals surface area contributed by atoms with Crippen LogP contribution in [0.25, 0.3) is 0 Å². The minimum atomic E-state index is -3.33. The van der Waals surface area contributed by atoms with Gasteiger partial charge in [0.2, 0.25) is 5.91 Å². The molecule has 1 N–H and O–H groups in total. The number of nitrogens with zero attached hydrogens (tertiary/aromatic N) is 1. The van der Waals surface area contributed by atoms with E-state index in [1.165, 1.54) is 6.07 Å². The van der Waals surface area contributed by atoms with Crippen LogP contribution in [0.2, 0.25) is 5.02 Å². The number of fused-ring (bicyclic) bond motifs is 1. The summed E-state index contributed by atoms with van der Waals surface area (Å²) < 4.78 is 24.3. The third-order valence-electron chi connectivity index (χ3n) is 3.99. The number of sulfone groups is 1. The maximum atomic E-state index is 12.3. The van der Waals surface area contributed by atoms with Gasteiger partial charge in [-0.1, -0.05) is 11.6 Å². The lowest BCUT2D eigenvalue weighted by Gasteiger charge is -2.33. The van der Waals surface area contributed by atoms with E-state index in [-0.39, 0.29) is 17.6 Å². The number of benzene rings is 1. The monoisotopic (exact) mass is 314 g/mol. The van der Waals surface area contributed by atoms with Gasteiger partial charge in [0.05, 0.1) is 22.6 Å². The maximum Gasteiger partial charge on any atom is 0.228 e. The molecule has 2 aliphatic rings. The summed E-state index contributed by atoms with van der Waals surface area (Å²) in [5.74, 6) is -0.131. The lowest BCUT2D eigenvalue weighted by Crippen LogP contribution is -2.51. The Morgan fingerprint density at radius 3 is 2.70 bits per heavy atom. The summed E-state index contributed by atoms with van der Waals surface area (Å²) in [6.07, 6.45) is 0. The molecular formula is C13H15ClN2O3S. The first kappa shape index (κ1) is 13.9. The summed E-state index contributed by atoms with van der Waals surface area (Å²) in [4.78, 5) is 14.1. The fraction of sp³-hybridized carbons (Fsp3) is 0.462. The van der Waals surface area contributed by atoms with E-state index in [0.717, 1.165) is 0 Å². The molecule has 0 aromatic heterocycles. The van der Waals surface area contributed by atoms with Crippen LogP contribution in [0.4, 0.5) is 0 Å². The number of amides is 1. The largest absolute Gasteiger partial charge is 0.337 e. The van der Waals surface area contributed by atoms with Crippen LogP contribution in [0.5, 0.6) is 0 Å². The number of nitrogens with one attached hydrogen (secondary N) is 1. The molecule has 0 radical (unpaired) electrons. The first-order valence-corrected chi connectivity index (χ1v) is 8.43. The van der Waals surface area contributed by atoms with Crippen LogP contribution in [0.15, 0.2) is 23.1 Å². The van der Waals surface area contributed by atoms with Crippen molar-refractivity contribution in [3.8, 4) is 0 Å². The van der Waals surface area contributed by atoms with Crippen molar-refractivity contribution in [2.45, 2.75) is 10.9 Å². The Hall–Kier alpha value is -1.11. The smallest absolute Gasteiger partial charge is 0.228 e. The van der Waals surface area contributed by atoms with Gasteiger partial charge in [-0.05, 0) is 23.8 Å². The van der Waals surface area contributed by atoms with Crippen molar-refractivity contribution in [2.24, 2.45) is 5.92 Å². The summed E-state index contributed by atoms with van der Waals surface area (Å²) in [7, 11) is -1.67. The van der Waals surface area contributed by atoms with Crippen LogP contribution < -0.4 is 5.32 Å². The fourth-order valence-electron chi connectivity index (χ4n) is 2.68. The normalized spacial score (nSPS) is 24.0. The predicted octanol–water partition coefficient (Wildman–Crippen LogP) is 0.846. The zero-order chi connectivity index (χ0) is 14.5. The molecule has 3 rings (SSSR count). The molecule has 1 aromatic carbocycles. The molecular weight excluding hydrogens is 300 g/mol. The van der Waals surface area contributed by atoms with Crippen molar-refractivity contribution in [3.63, 3.8) is 0 Å². The van der Waals surface area contributed by atoms with Gasteiger partial charge < -0.3 is 10.2 Å². The summed E-state index contributed by atoms with van der Waals surface area (Å²) in [6, 6.07) is 4.30. The average Bonchev–Trinajstić information content (AvgIpc) is 2.57. The molecule has 2 heterocycles. The van der Waals surface area contributed by atoms with E-state index in [2.05, 4.69) is 5.32 Å². The van der Waals surface area contributed by atoms with Crippen molar-refractivity contribution < 1.29 is 13.2 Å². The number of hydrogen-bond donors (Lipinski definition) is 1. The van der Waals surface area contributed by atoms with Gasteiger partial charge >= 0.3 is 0 Å². The molecule has 1 amide bonds. The number of rotatable bonds is 2. The van der Waals surface area contributed by atoms with Gasteiger partial charge in [-0.2, -0.15) is 0 Å². The highest BCUT2D eigenvalue weighted by atomic mass is 35.5. The number of hydrogen-bond acceptors (Lipinski definition) is 4. The molecule has 2 aliphatic heterocycles. The van der Waals surface area contributed by atoms with Gasteiger partial charge in [-0.3, -0.25) is 4.79 Å². The Kier molecular flexibility index (Phi) is 3.27. The highest BCUT2D eigenvalue weighted by Crippen LogP contribution is 2.38. The Morgan fingerprint density at radius 1 is 1.40 bits per heavy atom. The SMILES string of the molecule is CN(C(=O)C1CNC1)C1CS(=O)(=O)c2ccc(Cl)cc21. The highest BCUT2D eigenvalue weighted by Gasteiger charge is 2.40. The molecule has 5 nitrogen and oxygen atoms in total. The van der Waals surface area contributed by atoms with Crippen molar-refractivity contribution >= 4 is 27.3 Å². The summed E-state index contributed by atoms with van der Waals surface area (Å²) in [6.45, 7) is 1.32. The first-order valence-electron chi connectivity index (χ1n) is 6.40. The van der Waals surface area contributed by atoms with Crippen LogP contribution in [0.1, 0.15) is 11.6 Å². The van der Waals surface area contributed by atoms with E-state index in [1.807, 2.05) is 0 Å². The van der Waals surface area contributed by atoms with E-state index < -0.39 is 15.9 Å². The van der Waals surface area contributed by atoms with Crippen molar-refractivity contribution in [1.29, 1.82) is 0 Å². The van der Waals surface area contributed by atoms with Gasteiger partial charge in [0.15, 0.2) is 9.84 Å². The molecule has 20 heavy (non-hydrogen) atoms. The molecule has 0 aliphatic carbocycles. The fourth-order valence-corrected chi connectivity index (χ4v) is 4.68. The molecule has 0 spiro atoms. The second-order valence-corrected chi connectivity index (χ2v) is 7.72. The van der Waals surface area contributed by atoms with Gasteiger partial charge in [-0.25, -0.2) is 8.42 Å². The lowest BCUT2D eigenvalue weighted by molar-refractivity contribution is -0.137. The molecule has 1 unspecified atom stereocenters. The molecule has 0 saturated carbocycles. The Morgan fingerprint density at radius 2 is 2.10 bits per heavy atom. The maximum absolute atomic E-state index is 12.3. The molecule has 1 fully saturated rings. The summed E-state index contributed by atoms with van der Waals surface area (Å²) in [5, 5.41) is 3.53. The van der Waals surface area contributed by atoms with E-state index >= 15 is 0 Å². The highest BCUT2D eigenvalue weighted by molar-refractivity contribution is 7.91. The molecule has 0 bridgehead atoms. The van der Waals surface area contributed by atoms with Crippen LogP contribution >= 0.6 is 11.6 Å². The average molecular weight is 315 g/mol. The van der Waals surface area contributed by atoms with Crippen LogP contribution in [0.3, 0.4) is 0 Å². The standard InChI is InChI=1S/C13H15ClN2O3S/c1-16(13(17)8-5-15-6-8)11-7-20(18,19)12-3-2-9(14)4-10(11)12/h2-4,8,11,15H,5-7H2,1H3. The van der Waals surface area contributed by atoms with Crippen LogP contribution in [-0.2, 0) is 14.6 Å². The molecule has 108 valence electrons. The minimum Gasteiger partial charge on any atom is -0.337 e. The van der Waals surface area contributed by atoms with Gasteiger partial charge in [-0.15, -0.1) is 0 Å². The lowest BCUT2D eigenvalue weighted by atomic mass is 9.99. The van der Waals surface area contributed by atoms with Crippen LogP contribution in [-0.4, -0.2) is 45.1 Å². The van der Waals surface area contributed by atoms with Gasteiger partial charge in [0.1, 0.15) is 0 Å². The molecule has 1 aromatic rings. The Bertz CT molecular complexity index is 670. The number of carbonyl (C=O) groups excluding carboxylic acids is 1. The third kappa shape index (κ3) is 2.12. The van der Waals surface area contributed by atoms with Crippen molar-refractivity contribution in [1.82, 2.24) is 10.2 Å². The zero-order valence-corrected chi connectivity index (χ0v) is 12.5. The Balaban J connectivity index is 1.96. The first-order chi connectivity index (χ1) is 9.40. The topological polar surface area (TPSA) is 66.5 Å². The van der Waals surface area contributed by atoms with Crippen molar-refractivity contribution in [3.05, 3.63) is 28.8 Å². The quantitative estimate of drug-likeness (QED) is 0.879. The van der Waals surface area contributed by atoms with E-state index in [9.17, 15) is 13.2 Å². The van der Waals surface area contributed by atoms with E-state index in [0.29, 0.717) is 28.6 Å². The second kappa shape index (κ2) is 4.72.